The first-order valence-electron chi connectivity index (χ1n) is 6.65. The molecule has 2 rings (SSSR count). The fraction of sp³-hybridized carbons (Fsp3) is 0.400. The van der Waals surface area contributed by atoms with Gasteiger partial charge in [0.2, 0.25) is 0 Å². The molecular formula is C15H18BrClN2S. The van der Waals surface area contributed by atoms with Crippen molar-refractivity contribution in [3.05, 3.63) is 48.8 Å². The molecule has 0 saturated carbocycles. The normalized spacial score (nSPS) is 12.7. The molecule has 1 heterocycles. The van der Waals surface area contributed by atoms with Crippen LogP contribution in [0, 0.1) is 13.8 Å². The summed E-state index contributed by atoms with van der Waals surface area (Å²) in [6.45, 7) is 7.26. The van der Waals surface area contributed by atoms with Crippen LogP contribution in [0.2, 0.25) is 5.02 Å². The zero-order chi connectivity index (χ0) is 14.7. The lowest BCUT2D eigenvalue weighted by Crippen LogP contribution is -2.23. The van der Waals surface area contributed by atoms with Crippen molar-refractivity contribution < 1.29 is 0 Å². The van der Waals surface area contributed by atoms with Crippen molar-refractivity contribution in [2.45, 2.75) is 33.2 Å². The molecular weight excluding hydrogens is 356 g/mol. The van der Waals surface area contributed by atoms with Crippen molar-refractivity contribution in [1.29, 1.82) is 0 Å². The van der Waals surface area contributed by atoms with Crippen LogP contribution in [0.15, 0.2) is 22.7 Å². The van der Waals surface area contributed by atoms with Gasteiger partial charge < -0.3 is 5.32 Å². The largest absolute Gasteiger partial charge is 0.304 e. The van der Waals surface area contributed by atoms with Gasteiger partial charge in [-0.15, -0.1) is 11.3 Å². The van der Waals surface area contributed by atoms with Crippen LogP contribution in [0.1, 0.15) is 40.5 Å². The van der Waals surface area contributed by atoms with Gasteiger partial charge in [-0.3, -0.25) is 0 Å². The maximum Gasteiger partial charge on any atom is 0.115 e. The van der Waals surface area contributed by atoms with E-state index in [0.717, 1.165) is 38.7 Å². The monoisotopic (exact) mass is 372 g/mol. The number of nitrogens with zero attached hydrogens (tertiary/aromatic N) is 1. The van der Waals surface area contributed by atoms with E-state index in [1.807, 2.05) is 12.1 Å². The molecule has 5 heteroatoms. The highest BCUT2D eigenvalue weighted by Gasteiger charge is 2.20. The SMILES string of the molecule is CCCNC(c1nc(C)c(C)s1)c1ccc(Br)cc1Cl. The lowest BCUT2D eigenvalue weighted by molar-refractivity contribution is 0.595. The van der Waals surface area contributed by atoms with Crippen LogP contribution < -0.4 is 5.32 Å². The molecule has 1 atom stereocenters. The van der Waals surface area contributed by atoms with Crippen molar-refractivity contribution in [3.8, 4) is 0 Å². The average Bonchev–Trinajstić information content (AvgIpc) is 2.72. The van der Waals surface area contributed by atoms with Gasteiger partial charge in [-0.2, -0.15) is 0 Å². The van der Waals surface area contributed by atoms with Gasteiger partial charge in [-0.25, -0.2) is 4.98 Å². The van der Waals surface area contributed by atoms with Crippen molar-refractivity contribution in [3.63, 3.8) is 0 Å². The Hall–Kier alpha value is -0.420. The standard InChI is InChI=1S/C15H18BrClN2S/c1-4-7-18-14(15-19-9(2)10(3)20-15)12-6-5-11(16)8-13(12)17/h5-6,8,14,18H,4,7H2,1-3H3. The molecule has 0 aliphatic carbocycles. The van der Waals surface area contributed by atoms with E-state index < -0.39 is 0 Å². The summed E-state index contributed by atoms with van der Waals surface area (Å²) in [6, 6.07) is 6.08. The lowest BCUT2D eigenvalue weighted by atomic mass is 10.1. The van der Waals surface area contributed by atoms with Gasteiger partial charge in [0, 0.05) is 14.4 Å². The third kappa shape index (κ3) is 3.61. The first-order chi connectivity index (χ1) is 9.52. The summed E-state index contributed by atoms with van der Waals surface area (Å²) in [4.78, 5) is 5.95. The number of hydrogen-bond acceptors (Lipinski definition) is 3. The van der Waals surface area contributed by atoms with Crippen LogP contribution in [-0.4, -0.2) is 11.5 Å². The van der Waals surface area contributed by atoms with Crippen LogP contribution in [0.5, 0.6) is 0 Å². The van der Waals surface area contributed by atoms with E-state index >= 15 is 0 Å². The van der Waals surface area contributed by atoms with E-state index in [1.165, 1.54) is 4.88 Å². The minimum atomic E-state index is 0.0629. The van der Waals surface area contributed by atoms with Crippen molar-refractivity contribution in [1.82, 2.24) is 10.3 Å². The van der Waals surface area contributed by atoms with Crippen LogP contribution in [-0.2, 0) is 0 Å². The number of thiazole rings is 1. The molecule has 0 fully saturated rings. The van der Waals surface area contributed by atoms with E-state index in [4.69, 9.17) is 11.6 Å². The third-order valence-electron chi connectivity index (χ3n) is 3.16. The summed E-state index contributed by atoms with van der Waals surface area (Å²) in [5.74, 6) is 0. The Morgan fingerprint density at radius 2 is 2.15 bits per heavy atom. The van der Waals surface area contributed by atoms with Gasteiger partial charge in [0.25, 0.3) is 0 Å². The molecule has 20 heavy (non-hydrogen) atoms. The van der Waals surface area contributed by atoms with E-state index in [0.29, 0.717) is 0 Å². The number of nitrogens with one attached hydrogen (secondary N) is 1. The van der Waals surface area contributed by atoms with Gasteiger partial charge >= 0.3 is 0 Å². The molecule has 2 aromatic rings. The summed E-state index contributed by atoms with van der Waals surface area (Å²) >= 11 is 11.6. The maximum atomic E-state index is 6.41. The molecule has 1 unspecified atom stereocenters. The molecule has 0 spiro atoms. The Labute approximate surface area is 137 Å². The van der Waals surface area contributed by atoms with E-state index in [9.17, 15) is 0 Å². The molecule has 0 amide bonds. The van der Waals surface area contributed by atoms with Crippen LogP contribution >= 0.6 is 38.9 Å². The quantitative estimate of drug-likeness (QED) is 0.772. The van der Waals surface area contributed by atoms with Crippen LogP contribution in [0.25, 0.3) is 0 Å². The zero-order valence-corrected chi connectivity index (χ0v) is 15.0. The molecule has 108 valence electrons. The average molecular weight is 374 g/mol. The van der Waals surface area contributed by atoms with Crippen molar-refractivity contribution >= 4 is 38.9 Å². The first-order valence-corrected chi connectivity index (χ1v) is 8.64. The van der Waals surface area contributed by atoms with E-state index in [-0.39, 0.29) is 6.04 Å². The van der Waals surface area contributed by atoms with E-state index in [1.54, 1.807) is 11.3 Å². The number of benzene rings is 1. The van der Waals surface area contributed by atoms with Gasteiger partial charge in [0.1, 0.15) is 5.01 Å². The van der Waals surface area contributed by atoms with Gasteiger partial charge in [0.05, 0.1) is 11.7 Å². The Kier molecular flexibility index (Phi) is 5.61. The second-order valence-electron chi connectivity index (χ2n) is 4.75. The minimum Gasteiger partial charge on any atom is -0.304 e. The van der Waals surface area contributed by atoms with E-state index in [2.05, 4.69) is 53.1 Å². The molecule has 0 aliphatic heterocycles. The smallest absolute Gasteiger partial charge is 0.115 e. The highest BCUT2D eigenvalue weighted by atomic mass is 79.9. The Morgan fingerprint density at radius 3 is 2.70 bits per heavy atom. The maximum absolute atomic E-state index is 6.41. The minimum absolute atomic E-state index is 0.0629. The van der Waals surface area contributed by atoms with Crippen molar-refractivity contribution in [2.75, 3.05) is 6.54 Å². The first kappa shape index (κ1) is 16.0. The molecule has 0 aliphatic rings. The number of rotatable bonds is 5. The summed E-state index contributed by atoms with van der Waals surface area (Å²) < 4.78 is 0.993. The third-order valence-corrected chi connectivity index (χ3v) is 5.12. The predicted octanol–water partition coefficient (Wildman–Crippen LogP) is 5.26. The topological polar surface area (TPSA) is 24.9 Å². The molecule has 2 nitrogen and oxygen atoms in total. The molecule has 0 radical (unpaired) electrons. The Bertz CT molecular complexity index is 578. The highest BCUT2D eigenvalue weighted by molar-refractivity contribution is 9.10. The summed E-state index contributed by atoms with van der Waals surface area (Å²) in [6.07, 6.45) is 1.08. The number of aryl methyl sites for hydroxylation is 2. The van der Waals surface area contributed by atoms with Crippen LogP contribution in [0.3, 0.4) is 0 Å². The Morgan fingerprint density at radius 1 is 1.40 bits per heavy atom. The van der Waals surface area contributed by atoms with Gasteiger partial charge in [-0.1, -0.05) is 40.5 Å². The highest BCUT2D eigenvalue weighted by Crippen LogP contribution is 2.33. The second kappa shape index (κ2) is 7.03. The molecule has 1 aromatic heterocycles. The number of halogens is 2. The summed E-state index contributed by atoms with van der Waals surface area (Å²) in [5.41, 5.74) is 2.18. The zero-order valence-electron chi connectivity index (χ0n) is 11.8. The second-order valence-corrected chi connectivity index (χ2v) is 7.30. The van der Waals surface area contributed by atoms with Gasteiger partial charge in [-0.05, 0) is 44.5 Å². The number of hydrogen-bond donors (Lipinski definition) is 1. The number of aromatic nitrogens is 1. The molecule has 1 aromatic carbocycles. The molecule has 0 bridgehead atoms. The predicted molar refractivity (Wildman–Crippen MR) is 90.9 cm³/mol. The fourth-order valence-corrected chi connectivity index (χ4v) is 3.78. The molecule has 1 N–H and O–H groups in total. The van der Waals surface area contributed by atoms with Crippen LogP contribution in [0.4, 0.5) is 0 Å². The summed E-state index contributed by atoms with van der Waals surface area (Å²) in [7, 11) is 0. The molecule has 0 saturated heterocycles. The van der Waals surface area contributed by atoms with Gasteiger partial charge in [0.15, 0.2) is 0 Å². The van der Waals surface area contributed by atoms with Crippen molar-refractivity contribution in [2.24, 2.45) is 0 Å². The Balaban J connectivity index is 2.41. The fourth-order valence-electron chi connectivity index (χ4n) is 1.98. The lowest BCUT2D eigenvalue weighted by Gasteiger charge is -2.18. The summed E-state index contributed by atoms with van der Waals surface area (Å²) in [5, 5.41) is 5.39.